The van der Waals surface area contributed by atoms with Crippen LogP contribution in [0.4, 0.5) is 5.82 Å². The van der Waals surface area contributed by atoms with Gasteiger partial charge in [0.05, 0.1) is 6.54 Å². The van der Waals surface area contributed by atoms with Crippen molar-refractivity contribution in [2.45, 2.75) is 26.8 Å². The predicted molar refractivity (Wildman–Crippen MR) is 116 cm³/mol. The van der Waals surface area contributed by atoms with Crippen LogP contribution in [0.15, 0.2) is 59.5 Å². The SMILES string of the molecule is CCNC(=O)c1cc2c(=O)n3cccc(C)c3nc2[n+](CCc2ccccc2)c1N. The van der Waals surface area contributed by atoms with Gasteiger partial charge < -0.3 is 11.1 Å². The van der Waals surface area contributed by atoms with Crippen molar-refractivity contribution in [1.29, 1.82) is 0 Å². The maximum Gasteiger partial charge on any atom is 0.278 e. The molecule has 1 amide bonds. The number of aryl methyl sites for hydroxylation is 3. The summed E-state index contributed by atoms with van der Waals surface area (Å²) in [5.41, 5.74) is 9.57. The van der Waals surface area contributed by atoms with E-state index in [4.69, 9.17) is 10.7 Å². The summed E-state index contributed by atoms with van der Waals surface area (Å²) in [6.07, 6.45) is 2.38. The molecule has 3 N–H and O–H groups in total. The van der Waals surface area contributed by atoms with E-state index in [-0.39, 0.29) is 17.0 Å². The van der Waals surface area contributed by atoms with Crippen molar-refractivity contribution in [2.75, 3.05) is 12.3 Å². The number of benzene rings is 1. The van der Waals surface area contributed by atoms with Crippen LogP contribution in [0.1, 0.15) is 28.4 Å². The number of fused-ring (bicyclic) bond motifs is 2. The second-order valence-corrected chi connectivity index (χ2v) is 7.23. The first kappa shape index (κ1) is 19.6. The first-order chi connectivity index (χ1) is 14.5. The van der Waals surface area contributed by atoms with E-state index in [1.54, 1.807) is 16.8 Å². The molecule has 1 aromatic carbocycles. The third-order valence-electron chi connectivity index (χ3n) is 5.22. The largest absolute Gasteiger partial charge is 0.352 e. The highest BCUT2D eigenvalue weighted by molar-refractivity contribution is 6.00. The van der Waals surface area contributed by atoms with Crippen molar-refractivity contribution in [1.82, 2.24) is 14.7 Å². The first-order valence-corrected chi connectivity index (χ1v) is 9.97. The number of hydrogen-bond acceptors (Lipinski definition) is 4. The topological polar surface area (TPSA) is 93.4 Å². The number of hydrogen-bond donors (Lipinski definition) is 2. The number of anilines is 1. The molecule has 152 valence electrons. The summed E-state index contributed by atoms with van der Waals surface area (Å²) >= 11 is 0. The number of nitrogens with one attached hydrogen (secondary N) is 1. The van der Waals surface area contributed by atoms with Gasteiger partial charge in [-0.15, -0.1) is 0 Å². The number of carbonyl (C=O) groups is 1. The van der Waals surface area contributed by atoms with Gasteiger partial charge in [-0.05, 0) is 31.5 Å². The molecule has 0 radical (unpaired) electrons. The molecular weight excluding hydrogens is 378 g/mol. The Balaban J connectivity index is 1.98. The summed E-state index contributed by atoms with van der Waals surface area (Å²) in [5, 5.41) is 3.14. The monoisotopic (exact) mass is 402 g/mol. The highest BCUT2D eigenvalue weighted by Gasteiger charge is 2.24. The number of nitrogens with zero attached hydrogens (tertiary/aromatic N) is 3. The molecular formula is C23H24N5O2+. The maximum atomic E-state index is 13.2. The van der Waals surface area contributed by atoms with Crippen molar-refractivity contribution in [2.24, 2.45) is 0 Å². The molecule has 0 aliphatic heterocycles. The highest BCUT2D eigenvalue weighted by atomic mass is 16.1. The fourth-order valence-electron chi connectivity index (χ4n) is 3.66. The Hall–Kier alpha value is -3.74. The van der Waals surface area contributed by atoms with Gasteiger partial charge in [-0.1, -0.05) is 41.4 Å². The van der Waals surface area contributed by atoms with Crippen molar-refractivity contribution >= 4 is 28.4 Å². The summed E-state index contributed by atoms with van der Waals surface area (Å²) in [4.78, 5) is 30.7. The van der Waals surface area contributed by atoms with E-state index in [0.29, 0.717) is 42.0 Å². The van der Waals surface area contributed by atoms with Gasteiger partial charge in [0.1, 0.15) is 10.9 Å². The molecule has 3 heterocycles. The van der Waals surface area contributed by atoms with Crippen molar-refractivity contribution in [3.8, 4) is 0 Å². The quantitative estimate of drug-likeness (QED) is 0.395. The normalized spacial score (nSPS) is 11.1. The van der Waals surface area contributed by atoms with Gasteiger partial charge in [-0.2, -0.15) is 0 Å². The molecule has 0 unspecified atom stereocenters. The Morgan fingerprint density at radius 2 is 1.97 bits per heavy atom. The minimum Gasteiger partial charge on any atom is -0.352 e. The number of rotatable bonds is 5. The molecule has 3 aromatic heterocycles. The minimum absolute atomic E-state index is 0.224. The van der Waals surface area contributed by atoms with Crippen LogP contribution in [0, 0.1) is 6.92 Å². The van der Waals surface area contributed by atoms with Crippen molar-refractivity contribution < 1.29 is 9.36 Å². The van der Waals surface area contributed by atoms with Gasteiger partial charge in [0.2, 0.25) is 11.5 Å². The standard InChI is InChI=1S/C23H23N5O2/c1-3-25-22(29)17-14-18-21(26-20-15(2)8-7-12-28(20)23(18)30)27(19(17)24)13-11-16-9-5-4-6-10-16/h4-10,12,14,24H,3,11,13H2,1-2H3,(H,25,29)/p+1. The lowest BCUT2D eigenvalue weighted by Crippen LogP contribution is -2.43. The molecule has 4 rings (SSSR count). The van der Waals surface area contributed by atoms with E-state index >= 15 is 0 Å². The van der Waals surface area contributed by atoms with Crippen LogP contribution in [0.5, 0.6) is 0 Å². The van der Waals surface area contributed by atoms with E-state index in [1.807, 2.05) is 56.3 Å². The van der Waals surface area contributed by atoms with E-state index in [0.717, 1.165) is 11.1 Å². The third kappa shape index (κ3) is 3.39. The summed E-state index contributed by atoms with van der Waals surface area (Å²) in [7, 11) is 0. The molecule has 7 heteroatoms. The molecule has 0 aliphatic carbocycles. The molecule has 0 spiro atoms. The average molecular weight is 402 g/mol. The van der Waals surface area contributed by atoms with Gasteiger partial charge in [-0.25, -0.2) is 4.57 Å². The lowest BCUT2D eigenvalue weighted by atomic mass is 10.1. The highest BCUT2D eigenvalue weighted by Crippen LogP contribution is 2.16. The van der Waals surface area contributed by atoms with E-state index in [1.165, 1.54) is 4.40 Å². The van der Waals surface area contributed by atoms with E-state index < -0.39 is 0 Å². The Morgan fingerprint density at radius 1 is 1.20 bits per heavy atom. The molecule has 0 aliphatic rings. The van der Waals surface area contributed by atoms with Crippen LogP contribution < -0.4 is 21.2 Å². The molecule has 0 fully saturated rings. The number of aromatic nitrogens is 3. The van der Waals surface area contributed by atoms with Crippen LogP contribution >= 0.6 is 0 Å². The molecule has 4 aromatic rings. The Kier molecular flexibility index (Phi) is 5.18. The zero-order valence-corrected chi connectivity index (χ0v) is 17.1. The first-order valence-electron chi connectivity index (χ1n) is 9.97. The van der Waals surface area contributed by atoms with Crippen LogP contribution in [-0.4, -0.2) is 21.8 Å². The van der Waals surface area contributed by atoms with Gasteiger partial charge in [0.15, 0.2) is 0 Å². The Morgan fingerprint density at radius 3 is 2.70 bits per heavy atom. The number of nitrogen functional groups attached to an aromatic ring is 1. The Labute approximate surface area is 173 Å². The van der Waals surface area contributed by atoms with Gasteiger partial charge in [0.25, 0.3) is 17.1 Å². The van der Waals surface area contributed by atoms with Gasteiger partial charge in [0, 0.05) is 24.7 Å². The summed E-state index contributed by atoms with van der Waals surface area (Å²) in [5.74, 6) is -0.00619. The van der Waals surface area contributed by atoms with Crippen molar-refractivity contribution in [3.05, 3.63) is 81.8 Å². The van der Waals surface area contributed by atoms with Crippen LogP contribution in [0.2, 0.25) is 0 Å². The summed E-state index contributed by atoms with van der Waals surface area (Å²) in [6.45, 7) is 4.71. The van der Waals surface area contributed by atoms with E-state index in [9.17, 15) is 9.59 Å². The Bertz CT molecular complexity index is 1310. The van der Waals surface area contributed by atoms with E-state index in [2.05, 4.69) is 5.32 Å². The van der Waals surface area contributed by atoms with Gasteiger partial charge in [-0.3, -0.25) is 14.0 Å². The smallest absolute Gasteiger partial charge is 0.278 e. The van der Waals surface area contributed by atoms with Crippen molar-refractivity contribution in [3.63, 3.8) is 0 Å². The third-order valence-corrected chi connectivity index (χ3v) is 5.22. The zero-order chi connectivity index (χ0) is 21.3. The van der Waals surface area contributed by atoms with Crippen LogP contribution in [-0.2, 0) is 13.0 Å². The lowest BCUT2D eigenvalue weighted by molar-refractivity contribution is -0.658. The zero-order valence-electron chi connectivity index (χ0n) is 17.1. The average Bonchev–Trinajstić information content (AvgIpc) is 2.75. The summed E-state index contributed by atoms with van der Waals surface area (Å²) < 4.78 is 3.29. The fraction of sp³-hybridized carbons (Fsp3) is 0.217. The lowest BCUT2D eigenvalue weighted by Gasteiger charge is -2.12. The number of amides is 1. The number of nitrogens with two attached hydrogens (primary N) is 1. The number of pyridine rings is 2. The van der Waals surface area contributed by atoms with Gasteiger partial charge >= 0.3 is 0 Å². The summed E-state index contributed by atoms with van der Waals surface area (Å²) in [6, 6.07) is 15.3. The molecule has 30 heavy (non-hydrogen) atoms. The molecule has 0 atom stereocenters. The second-order valence-electron chi connectivity index (χ2n) is 7.23. The molecule has 0 saturated heterocycles. The van der Waals surface area contributed by atoms with Crippen LogP contribution in [0.3, 0.4) is 0 Å². The van der Waals surface area contributed by atoms with Crippen LogP contribution in [0.25, 0.3) is 16.7 Å². The maximum absolute atomic E-state index is 13.2. The second kappa shape index (κ2) is 7.94. The number of carbonyl (C=O) groups excluding carboxylic acids is 1. The fourth-order valence-corrected chi connectivity index (χ4v) is 3.66. The molecule has 0 bridgehead atoms. The molecule has 0 saturated carbocycles. The molecule has 7 nitrogen and oxygen atoms in total. The minimum atomic E-state index is -0.306. The predicted octanol–water partition coefficient (Wildman–Crippen LogP) is 2.02.